The second-order valence-electron chi connectivity index (χ2n) is 9.05. The first-order valence-electron chi connectivity index (χ1n) is 10.0. The largest absolute Gasteiger partial charge is 0.340 e. The molecule has 0 atom stereocenters. The standard InChI is InChI=1S/C20H29N5O2/c1-13-21-18(24-27-13)20(10-6-5-7-11-20)22-17(26)15-12-16(14-8-9-14)25(23-15)19(2,3)4/h12,14H,5-11H2,1-4H3,(H,22,26). The first kappa shape index (κ1) is 18.2. The van der Waals surface area contributed by atoms with Crippen LogP contribution in [0.5, 0.6) is 0 Å². The van der Waals surface area contributed by atoms with E-state index in [1.165, 1.54) is 25.0 Å². The number of hydrogen-bond donors (Lipinski definition) is 1. The molecule has 1 amide bonds. The fraction of sp³-hybridized carbons (Fsp3) is 0.700. The van der Waals surface area contributed by atoms with Crippen molar-refractivity contribution in [3.63, 3.8) is 0 Å². The molecule has 7 heteroatoms. The molecule has 2 aliphatic carbocycles. The molecule has 2 aliphatic rings. The summed E-state index contributed by atoms with van der Waals surface area (Å²) in [6.45, 7) is 8.15. The van der Waals surface area contributed by atoms with Gasteiger partial charge in [0.25, 0.3) is 5.91 Å². The molecule has 2 heterocycles. The van der Waals surface area contributed by atoms with Crippen LogP contribution < -0.4 is 5.32 Å². The summed E-state index contributed by atoms with van der Waals surface area (Å²) in [5, 5.41) is 12.0. The van der Waals surface area contributed by atoms with Crippen molar-refractivity contribution >= 4 is 5.91 Å². The van der Waals surface area contributed by atoms with Crippen LogP contribution in [0, 0.1) is 6.92 Å². The van der Waals surface area contributed by atoms with Gasteiger partial charge in [0.15, 0.2) is 11.5 Å². The monoisotopic (exact) mass is 371 g/mol. The molecule has 2 fully saturated rings. The van der Waals surface area contributed by atoms with Crippen molar-refractivity contribution in [2.24, 2.45) is 0 Å². The summed E-state index contributed by atoms with van der Waals surface area (Å²) in [6, 6.07) is 1.97. The maximum atomic E-state index is 13.2. The number of amides is 1. The van der Waals surface area contributed by atoms with Crippen molar-refractivity contribution in [2.75, 3.05) is 0 Å². The summed E-state index contributed by atoms with van der Waals surface area (Å²) in [5.41, 5.74) is 0.944. The molecule has 146 valence electrons. The van der Waals surface area contributed by atoms with Gasteiger partial charge in [0, 0.05) is 18.5 Å². The van der Waals surface area contributed by atoms with Gasteiger partial charge in [-0.05, 0) is 52.5 Å². The van der Waals surface area contributed by atoms with Gasteiger partial charge >= 0.3 is 0 Å². The highest BCUT2D eigenvalue weighted by atomic mass is 16.5. The van der Waals surface area contributed by atoms with Crippen LogP contribution in [0.3, 0.4) is 0 Å². The topological polar surface area (TPSA) is 85.8 Å². The highest BCUT2D eigenvalue weighted by molar-refractivity contribution is 5.93. The third-order valence-corrected chi connectivity index (χ3v) is 5.62. The second-order valence-corrected chi connectivity index (χ2v) is 9.05. The molecular weight excluding hydrogens is 342 g/mol. The molecule has 2 saturated carbocycles. The fourth-order valence-electron chi connectivity index (χ4n) is 4.05. The van der Waals surface area contributed by atoms with Crippen molar-refractivity contribution in [1.82, 2.24) is 25.2 Å². The zero-order valence-electron chi connectivity index (χ0n) is 16.7. The predicted octanol–water partition coefficient (Wildman–Crippen LogP) is 3.80. The number of aromatic nitrogens is 4. The summed E-state index contributed by atoms with van der Waals surface area (Å²) >= 11 is 0. The molecule has 0 saturated heterocycles. The normalized spacial score (nSPS) is 19.9. The minimum atomic E-state index is -0.557. The number of carbonyl (C=O) groups excluding carboxylic acids is 1. The van der Waals surface area contributed by atoms with E-state index < -0.39 is 5.54 Å². The summed E-state index contributed by atoms with van der Waals surface area (Å²) in [5.74, 6) is 1.49. The van der Waals surface area contributed by atoms with Crippen LogP contribution in [0.25, 0.3) is 0 Å². The van der Waals surface area contributed by atoms with E-state index in [9.17, 15) is 4.79 Å². The zero-order chi connectivity index (χ0) is 19.2. The van der Waals surface area contributed by atoms with Gasteiger partial charge in [-0.15, -0.1) is 0 Å². The number of rotatable bonds is 4. The molecule has 0 bridgehead atoms. The molecule has 0 aromatic carbocycles. The summed E-state index contributed by atoms with van der Waals surface area (Å²) in [4.78, 5) is 17.6. The SMILES string of the molecule is Cc1nc(C2(NC(=O)c3cc(C4CC4)n(C(C)(C)C)n3)CCCCC2)no1. The van der Waals surface area contributed by atoms with Gasteiger partial charge in [0.05, 0.1) is 5.54 Å². The maximum Gasteiger partial charge on any atom is 0.272 e. The fourth-order valence-corrected chi connectivity index (χ4v) is 4.05. The van der Waals surface area contributed by atoms with Crippen molar-refractivity contribution in [3.8, 4) is 0 Å². The molecule has 7 nitrogen and oxygen atoms in total. The van der Waals surface area contributed by atoms with E-state index in [0.29, 0.717) is 23.3 Å². The Bertz CT molecular complexity index is 835. The lowest BCUT2D eigenvalue weighted by Crippen LogP contribution is -2.48. The van der Waals surface area contributed by atoms with Gasteiger partial charge < -0.3 is 9.84 Å². The van der Waals surface area contributed by atoms with Gasteiger partial charge in [-0.2, -0.15) is 10.1 Å². The van der Waals surface area contributed by atoms with Crippen LogP contribution in [0.2, 0.25) is 0 Å². The number of aryl methyl sites for hydroxylation is 1. The molecule has 1 N–H and O–H groups in total. The van der Waals surface area contributed by atoms with Crippen LogP contribution in [-0.4, -0.2) is 25.8 Å². The molecule has 0 unspecified atom stereocenters. The molecule has 2 aromatic heterocycles. The van der Waals surface area contributed by atoms with Crippen LogP contribution >= 0.6 is 0 Å². The molecule has 27 heavy (non-hydrogen) atoms. The Hall–Kier alpha value is -2.18. The van der Waals surface area contributed by atoms with Crippen LogP contribution in [0.4, 0.5) is 0 Å². The first-order valence-corrected chi connectivity index (χ1v) is 10.0. The summed E-state index contributed by atoms with van der Waals surface area (Å²) in [7, 11) is 0. The Balaban J connectivity index is 1.64. The van der Waals surface area contributed by atoms with E-state index in [0.717, 1.165) is 25.7 Å². The molecule has 0 radical (unpaired) electrons. The van der Waals surface area contributed by atoms with E-state index in [1.54, 1.807) is 6.92 Å². The van der Waals surface area contributed by atoms with E-state index in [2.05, 4.69) is 41.3 Å². The summed E-state index contributed by atoms with van der Waals surface area (Å²) in [6.07, 6.45) is 7.25. The quantitative estimate of drug-likeness (QED) is 0.883. The molecule has 0 aliphatic heterocycles. The van der Waals surface area contributed by atoms with E-state index in [-0.39, 0.29) is 11.4 Å². The zero-order valence-corrected chi connectivity index (χ0v) is 16.7. The Morgan fingerprint density at radius 2 is 1.96 bits per heavy atom. The van der Waals surface area contributed by atoms with Gasteiger partial charge in [0.2, 0.25) is 5.89 Å². The molecule has 2 aromatic rings. The lowest BCUT2D eigenvalue weighted by molar-refractivity contribution is 0.0848. The lowest BCUT2D eigenvalue weighted by atomic mass is 9.81. The van der Waals surface area contributed by atoms with E-state index in [1.807, 2.05) is 10.7 Å². The third kappa shape index (κ3) is 3.51. The van der Waals surface area contributed by atoms with Gasteiger partial charge in [-0.1, -0.05) is 24.4 Å². The molecule has 4 rings (SSSR count). The van der Waals surface area contributed by atoms with E-state index in [4.69, 9.17) is 4.52 Å². The average molecular weight is 371 g/mol. The predicted molar refractivity (Wildman–Crippen MR) is 100 cm³/mol. The average Bonchev–Trinajstić information content (AvgIpc) is 3.18. The lowest BCUT2D eigenvalue weighted by Gasteiger charge is -2.35. The number of hydrogen-bond acceptors (Lipinski definition) is 5. The van der Waals surface area contributed by atoms with Gasteiger partial charge in [-0.3, -0.25) is 9.48 Å². The smallest absolute Gasteiger partial charge is 0.272 e. The molecule has 0 spiro atoms. The van der Waals surface area contributed by atoms with Crippen molar-refractivity contribution in [2.45, 2.75) is 89.6 Å². The Morgan fingerprint density at radius 3 is 2.52 bits per heavy atom. The number of nitrogens with zero attached hydrogens (tertiary/aromatic N) is 4. The van der Waals surface area contributed by atoms with Gasteiger partial charge in [0.1, 0.15) is 5.54 Å². The van der Waals surface area contributed by atoms with Crippen molar-refractivity contribution < 1.29 is 9.32 Å². The van der Waals surface area contributed by atoms with E-state index >= 15 is 0 Å². The first-order chi connectivity index (χ1) is 12.8. The Labute approximate surface area is 159 Å². The van der Waals surface area contributed by atoms with Crippen molar-refractivity contribution in [3.05, 3.63) is 29.2 Å². The van der Waals surface area contributed by atoms with Crippen molar-refractivity contribution in [1.29, 1.82) is 0 Å². The van der Waals surface area contributed by atoms with Crippen LogP contribution in [-0.2, 0) is 11.1 Å². The second kappa shape index (κ2) is 6.46. The van der Waals surface area contributed by atoms with Crippen LogP contribution in [0.1, 0.15) is 99.5 Å². The third-order valence-electron chi connectivity index (χ3n) is 5.62. The van der Waals surface area contributed by atoms with Crippen LogP contribution in [0.15, 0.2) is 10.6 Å². The van der Waals surface area contributed by atoms with Gasteiger partial charge in [-0.25, -0.2) is 0 Å². The molecular formula is C20H29N5O2. The Morgan fingerprint density at radius 1 is 1.26 bits per heavy atom. The Kier molecular flexibility index (Phi) is 4.35. The maximum absolute atomic E-state index is 13.2. The highest BCUT2D eigenvalue weighted by Crippen LogP contribution is 2.42. The number of carbonyl (C=O) groups is 1. The summed E-state index contributed by atoms with van der Waals surface area (Å²) < 4.78 is 7.23. The minimum absolute atomic E-state index is 0.149. The minimum Gasteiger partial charge on any atom is -0.340 e. The number of nitrogens with one attached hydrogen (secondary N) is 1. The highest BCUT2D eigenvalue weighted by Gasteiger charge is 2.41.